The molecule has 0 atom stereocenters. The molecule has 0 bridgehead atoms. The second-order valence-corrected chi connectivity index (χ2v) is 4.19. The van der Waals surface area contributed by atoms with E-state index in [0.29, 0.717) is 6.04 Å². The average Bonchev–Trinajstić information content (AvgIpc) is 2.30. The minimum Gasteiger partial charge on any atom is -0.520 e. The van der Waals surface area contributed by atoms with Gasteiger partial charge in [-0.2, -0.15) is 6.41 Å². The van der Waals surface area contributed by atoms with Gasteiger partial charge in [0.1, 0.15) is 0 Å². The number of hydrogen-bond donors (Lipinski definition) is 0. The van der Waals surface area contributed by atoms with Crippen LogP contribution in [0.1, 0.15) is 28.2 Å². The molecule has 0 aromatic heterocycles. The van der Waals surface area contributed by atoms with Crippen LogP contribution in [0.25, 0.3) is 0 Å². The van der Waals surface area contributed by atoms with Crippen LogP contribution in [0.5, 0.6) is 0 Å². The van der Waals surface area contributed by atoms with Gasteiger partial charge in [0.15, 0.2) is 0 Å². The third-order valence-corrected chi connectivity index (χ3v) is 3.27. The van der Waals surface area contributed by atoms with Crippen LogP contribution in [0.2, 0.25) is 0 Å². The number of carbonyl (C=O) groups is 1. The van der Waals surface area contributed by atoms with Gasteiger partial charge in [-0.25, -0.2) is 0 Å². The van der Waals surface area contributed by atoms with E-state index in [1.165, 1.54) is 0 Å². The smallest absolute Gasteiger partial charge is 0.219 e. The predicted octanol–water partition coefficient (Wildman–Crippen LogP) is 0.562. The Morgan fingerprint density at radius 2 is 1.58 bits per heavy atom. The summed E-state index contributed by atoms with van der Waals surface area (Å²) in [6, 6.07) is 0.503. The van der Waals surface area contributed by atoms with Gasteiger partial charge in [-0.05, 0) is 0 Å². The molecular weight excluding hydrogens is 319 g/mol. The minimum atomic E-state index is 0. The Morgan fingerprint density at radius 3 is 1.95 bits per heavy atom. The van der Waals surface area contributed by atoms with Gasteiger partial charge in [0.05, 0.1) is 0 Å². The fourth-order valence-corrected chi connectivity index (χ4v) is 2.12. The first kappa shape index (κ1) is 21.3. The normalized spacial score (nSPS) is 19.1. The van der Waals surface area contributed by atoms with Crippen molar-refractivity contribution < 1.29 is 42.3 Å². The van der Waals surface area contributed by atoms with Crippen molar-refractivity contribution in [1.29, 1.82) is 0 Å². The molecule has 109 valence electrons. The molecule has 0 spiro atoms. The molecular formula is C13H26N3O2Y-. The first-order valence-electron chi connectivity index (χ1n) is 6.33. The Labute approximate surface area is 142 Å². The summed E-state index contributed by atoms with van der Waals surface area (Å²) in [5.41, 5.74) is 0. The summed E-state index contributed by atoms with van der Waals surface area (Å²) in [7, 11) is 0. The van der Waals surface area contributed by atoms with Crippen LogP contribution in [-0.2, 0) is 42.3 Å². The first-order valence-corrected chi connectivity index (χ1v) is 6.33. The summed E-state index contributed by atoms with van der Waals surface area (Å²) in [4.78, 5) is 27.3. The second-order valence-electron chi connectivity index (χ2n) is 4.19. The molecule has 2 saturated heterocycles. The SMILES string of the molecule is C.CC.CC(=O)N1CC(N2CCN([C-]=O)CC2)C1.[Y]. The van der Waals surface area contributed by atoms with Gasteiger partial charge in [0.25, 0.3) is 0 Å². The Kier molecular flexibility index (Phi) is 12.1. The van der Waals surface area contributed by atoms with Gasteiger partial charge in [-0.3, -0.25) is 9.69 Å². The molecule has 0 saturated carbocycles. The van der Waals surface area contributed by atoms with E-state index >= 15 is 0 Å². The molecule has 0 unspecified atom stereocenters. The van der Waals surface area contributed by atoms with Crippen LogP contribution < -0.4 is 0 Å². The quantitative estimate of drug-likeness (QED) is 0.687. The number of amides is 2. The third kappa shape index (κ3) is 5.88. The summed E-state index contributed by atoms with van der Waals surface area (Å²) in [6.07, 6.45) is 1.92. The molecule has 2 fully saturated rings. The van der Waals surface area contributed by atoms with E-state index in [1.807, 2.05) is 25.2 Å². The van der Waals surface area contributed by atoms with Gasteiger partial charge >= 0.3 is 0 Å². The standard InChI is InChI=1S/C10H16N3O2.C2H6.CH4.Y/c1-9(15)13-6-10(7-13)12-4-2-11(8-14)3-5-12;1-2;;/h10H,2-7H2,1H3;1-2H3;1H4;/q-1;;;. The van der Waals surface area contributed by atoms with Crippen LogP contribution in [0.4, 0.5) is 0 Å². The van der Waals surface area contributed by atoms with Crippen molar-refractivity contribution in [1.82, 2.24) is 14.7 Å². The molecule has 19 heavy (non-hydrogen) atoms. The van der Waals surface area contributed by atoms with Gasteiger partial charge in [0, 0.05) is 84.9 Å². The van der Waals surface area contributed by atoms with Gasteiger partial charge in [-0.1, -0.05) is 21.3 Å². The number of hydrogen-bond acceptors (Lipinski definition) is 3. The maximum atomic E-state index is 11.0. The fraction of sp³-hybridized carbons (Fsp3) is 0.846. The molecule has 2 aliphatic rings. The molecule has 0 N–H and O–H groups in total. The molecule has 2 rings (SSSR count). The van der Waals surface area contributed by atoms with Crippen molar-refractivity contribution >= 4 is 12.3 Å². The van der Waals surface area contributed by atoms with Crippen LogP contribution in [0, 0.1) is 0 Å². The minimum absolute atomic E-state index is 0. The van der Waals surface area contributed by atoms with Crippen LogP contribution in [-0.4, -0.2) is 72.3 Å². The Bertz CT molecular complexity index is 263. The van der Waals surface area contributed by atoms with Crippen LogP contribution >= 0.6 is 0 Å². The molecule has 6 heteroatoms. The molecule has 0 aromatic carbocycles. The zero-order valence-corrected chi connectivity index (χ0v) is 14.4. The largest absolute Gasteiger partial charge is 0.520 e. The van der Waals surface area contributed by atoms with Crippen LogP contribution in [0.15, 0.2) is 0 Å². The number of likely N-dealkylation sites (tertiary alicyclic amines) is 1. The van der Waals surface area contributed by atoms with Gasteiger partial charge in [0.2, 0.25) is 5.91 Å². The molecule has 0 aliphatic carbocycles. The molecule has 0 aromatic rings. The van der Waals surface area contributed by atoms with E-state index in [0.717, 1.165) is 39.3 Å². The molecule has 2 aliphatic heterocycles. The van der Waals surface area contributed by atoms with Crippen molar-refractivity contribution in [2.75, 3.05) is 39.3 Å². The van der Waals surface area contributed by atoms with E-state index in [-0.39, 0.29) is 46.0 Å². The van der Waals surface area contributed by atoms with Crippen LogP contribution in [0.3, 0.4) is 0 Å². The molecule has 2 heterocycles. The maximum absolute atomic E-state index is 11.0. The summed E-state index contributed by atoms with van der Waals surface area (Å²) in [6.45, 7) is 10.6. The monoisotopic (exact) mass is 345 g/mol. The van der Waals surface area contributed by atoms with E-state index < -0.39 is 0 Å². The molecule has 1 radical (unpaired) electrons. The van der Waals surface area contributed by atoms with E-state index in [1.54, 1.807) is 11.8 Å². The topological polar surface area (TPSA) is 43.9 Å². The zero-order valence-electron chi connectivity index (χ0n) is 11.6. The number of piperazine rings is 1. The van der Waals surface area contributed by atoms with Crippen molar-refractivity contribution in [3.05, 3.63) is 0 Å². The summed E-state index contributed by atoms with van der Waals surface area (Å²) < 4.78 is 0. The van der Waals surface area contributed by atoms with E-state index in [9.17, 15) is 9.59 Å². The zero-order chi connectivity index (χ0) is 12.8. The molecule has 5 nitrogen and oxygen atoms in total. The maximum Gasteiger partial charge on any atom is 0.219 e. The Morgan fingerprint density at radius 1 is 1.11 bits per heavy atom. The van der Waals surface area contributed by atoms with E-state index in [4.69, 9.17) is 0 Å². The summed E-state index contributed by atoms with van der Waals surface area (Å²) >= 11 is 0. The van der Waals surface area contributed by atoms with Gasteiger partial charge in [-0.15, -0.1) is 0 Å². The van der Waals surface area contributed by atoms with Crippen molar-refractivity contribution in [2.45, 2.75) is 34.2 Å². The summed E-state index contributed by atoms with van der Waals surface area (Å²) in [5, 5.41) is 0. The first-order chi connectivity index (χ1) is 8.20. The van der Waals surface area contributed by atoms with Crippen molar-refractivity contribution in [2.24, 2.45) is 0 Å². The second kappa shape index (κ2) is 10.8. The van der Waals surface area contributed by atoms with Crippen molar-refractivity contribution in [3.8, 4) is 0 Å². The van der Waals surface area contributed by atoms with Crippen molar-refractivity contribution in [3.63, 3.8) is 0 Å². The summed E-state index contributed by atoms with van der Waals surface area (Å²) in [5.74, 6) is 0.158. The Hall–Kier alpha value is 0.00390. The third-order valence-electron chi connectivity index (χ3n) is 3.27. The van der Waals surface area contributed by atoms with Gasteiger partial charge < -0.3 is 14.6 Å². The van der Waals surface area contributed by atoms with E-state index in [2.05, 4.69) is 4.90 Å². The molecule has 2 amide bonds. The fourth-order valence-electron chi connectivity index (χ4n) is 2.12. The number of nitrogens with zero attached hydrogens (tertiary/aromatic N) is 3. The average molecular weight is 345 g/mol. The Balaban J connectivity index is 0. The predicted molar refractivity (Wildman–Crippen MR) is 73.0 cm³/mol. The number of rotatable bonds is 2. The number of carbonyl (C=O) groups excluding carboxylic acids is 2.